The molecule has 0 heterocycles. The standard InChI is InChI=1S/C2H2F3O2/c3-2(4,5)1-7-6/h1,6H. The van der Waals surface area contributed by atoms with E-state index in [1.165, 1.54) is 0 Å². The van der Waals surface area contributed by atoms with Gasteiger partial charge in [0.2, 0.25) is 6.61 Å². The molecule has 0 fully saturated rings. The molecular weight excluding hydrogens is 113 g/mol. The zero-order valence-corrected chi connectivity index (χ0v) is 3.07. The number of hydrogen-bond acceptors (Lipinski definition) is 2. The Morgan fingerprint density at radius 2 is 1.86 bits per heavy atom. The lowest BCUT2D eigenvalue weighted by molar-refractivity contribution is -0.267. The lowest BCUT2D eigenvalue weighted by atomic mass is 10.7. The molecule has 0 unspecified atom stereocenters. The Balaban J connectivity index is 3.15. The first-order valence-electron chi connectivity index (χ1n) is 1.27. The van der Waals surface area contributed by atoms with Gasteiger partial charge in [-0.2, -0.15) is 13.2 Å². The van der Waals surface area contributed by atoms with Crippen molar-refractivity contribution in [1.82, 2.24) is 0 Å². The first-order valence-corrected chi connectivity index (χ1v) is 1.27. The molecule has 1 N–H and O–H groups in total. The Morgan fingerprint density at radius 3 is 1.86 bits per heavy atom. The maximum atomic E-state index is 10.7. The fourth-order valence-electron chi connectivity index (χ4n) is 0.0598. The van der Waals surface area contributed by atoms with E-state index in [-0.39, 0.29) is 0 Å². The number of rotatable bonds is 1. The summed E-state index contributed by atoms with van der Waals surface area (Å²) in [6.45, 7) is -0.632. The molecule has 5 heteroatoms. The zero-order valence-electron chi connectivity index (χ0n) is 3.07. The van der Waals surface area contributed by atoms with Crippen LogP contribution in [0.15, 0.2) is 0 Å². The third kappa shape index (κ3) is 5.71. The van der Waals surface area contributed by atoms with Gasteiger partial charge in [0.15, 0.2) is 0 Å². The van der Waals surface area contributed by atoms with Gasteiger partial charge in [0.05, 0.1) is 0 Å². The molecule has 2 nitrogen and oxygen atoms in total. The van der Waals surface area contributed by atoms with E-state index in [2.05, 4.69) is 4.89 Å². The third-order valence-electron chi connectivity index (χ3n) is 0.186. The molecule has 1 radical (unpaired) electrons. The summed E-state index contributed by atoms with van der Waals surface area (Å²) in [5.74, 6) is 0. The molecule has 0 bridgehead atoms. The van der Waals surface area contributed by atoms with Crippen LogP contribution in [-0.2, 0) is 4.89 Å². The van der Waals surface area contributed by atoms with Gasteiger partial charge in [-0.3, -0.25) is 5.26 Å². The SMILES string of the molecule is OO[CH]C(F)(F)F. The Bertz CT molecular complexity index is 49.4. The number of alkyl halides is 3. The van der Waals surface area contributed by atoms with Crippen molar-refractivity contribution >= 4 is 0 Å². The first kappa shape index (κ1) is 6.71. The van der Waals surface area contributed by atoms with Crippen LogP contribution < -0.4 is 0 Å². The highest BCUT2D eigenvalue weighted by atomic mass is 19.4. The minimum Gasteiger partial charge on any atom is -0.251 e. The molecule has 0 rings (SSSR count). The second kappa shape index (κ2) is 2.13. The zero-order chi connectivity index (χ0) is 5.91. The summed E-state index contributed by atoms with van der Waals surface area (Å²) >= 11 is 0. The molecule has 7 heavy (non-hydrogen) atoms. The molecule has 0 aliphatic carbocycles. The van der Waals surface area contributed by atoms with Crippen molar-refractivity contribution in [3.05, 3.63) is 6.61 Å². The smallest absolute Gasteiger partial charge is 0.251 e. The maximum absolute atomic E-state index is 10.7. The number of halogens is 3. The van der Waals surface area contributed by atoms with Gasteiger partial charge in [0.25, 0.3) is 0 Å². The lowest BCUT2D eigenvalue weighted by Crippen LogP contribution is -2.08. The van der Waals surface area contributed by atoms with E-state index in [1.807, 2.05) is 0 Å². The fraction of sp³-hybridized carbons (Fsp3) is 0.500. The quantitative estimate of drug-likeness (QED) is 0.411. The van der Waals surface area contributed by atoms with Gasteiger partial charge in [-0.25, -0.2) is 4.89 Å². The van der Waals surface area contributed by atoms with Crippen LogP contribution in [0.4, 0.5) is 13.2 Å². The number of hydrogen-bond donors (Lipinski definition) is 1. The molecule has 0 amide bonds. The molecule has 0 atom stereocenters. The normalized spacial score (nSPS) is 12.0. The Hall–Kier alpha value is -0.290. The second-order valence-electron chi connectivity index (χ2n) is 0.765. The van der Waals surface area contributed by atoms with Crippen molar-refractivity contribution in [3.63, 3.8) is 0 Å². The molecule has 43 valence electrons. The van der Waals surface area contributed by atoms with Crippen LogP contribution in [0.1, 0.15) is 0 Å². The lowest BCUT2D eigenvalue weighted by Gasteiger charge is -1.98. The van der Waals surface area contributed by atoms with Crippen LogP contribution >= 0.6 is 0 Å². The molecular formula is C2H2F3O2. The average molecular weight is 115 g/mol. The van der Waals surface area contributed by atoms with Gasteiger partial charge in [0, 0.05) is 0 Å². The average Bonchev–Trinajstić information content (AvgIpc) is 1.30. The van der Waals surface area contributed by atoms with Gasteiger partial charge in [-0.05, 0) is 0 Å². The van der Waals surface area contributed by atoms with Crippen molar-refractivity contribution in [2.24, 2.45) is 0 Å². The molecule has 0 aromatic heterocycles. The molecule has 0 aromatic carbocycles. The van der Waals surface area contributed by atoms with E-state index < -0.39 is 12.8 Å². The van der Waals surface area contributed by atoms with E-state index in [9.17, 15) is 13.2 Å². The topological polar surface area (TPSA) is 29.5 Å². The van der Waals surface area contributed by atoms with E-state index in [4.69, 9.17) is 5.26 Å². The highest BCUT2D eigenvalue weighted by Crippen LogP contribution is 2.17. The Labute approximate surface area is 37.4 Å². The van der Waals surface area contributed by atoms with Gasteiger partial charge in [-0.1, -0.05) is 0 Å². The van der Waals surface area contributed by atoms with Crippen LogP contribution in [0.25, 0.3) is 0 Å². The van der Waals surface area contributed by atoms with E-state index in [0.29, 0.717) is 0 Å². The van der Waals surface area contributed by atoms with Crippen LogP contribution in [0.2, 0.25) is 0 Å². The van der Waals surface area contributed by atoms with Crippen molar-refractivity contribution in [2.45, 2.75) is 6.18 Å². The first-order chi connectivity index (χ1) is 3.06. The van der Waals surface area contributed by atoms with Crippen LogP contribution in [0, 0.1) is 6.61 Å². The summed E-state index contributed by atoms with van der Waals surface area (Å²) in [6, 6.07) is 0. The molecule has 0 aromatic rings. The summed E-state index contributed by atoms with van der Waals surface area (Å²) in [5.41, 5.74) is 0. The van der Waals surface area contributed by atoms with Crippen molar-refractivity contribution in [3.8, 4) is 0 Å². The van der Waals surface area contributed by atoms with Gasteiger partial charge < -0.3 is 0 Å². The predicted octanol–water partition coefficient (Wildman–Crippen LogP) is 1.20. The van der Waals surface area contributed by atoms with Gasteiger partial charge in [0.1, 0.15) is 0 Å². The Morgan fingerprint density at radius 1 is 1.43 bits per heavy atom. The van der Waals surface area contributed by atoms with Crippen LogP contribution in [0.3, 0.4) is 0 Å². The minimum atomic E-state index is -4.55. The monoisotopic (exact) mass is 115 g/mol. The van der Waals surface area contributed by atoms with Crippen LogP contribution in [-0.4, -0.2) is 11.4 Å². The van der Waals surface area contributed by atoms with E-state index in [0.717, 1.165) is 0 Å². The molecule has 0 aliphatic heterocycles. The summed E-state index contributed by atoms with van der Waals surface area (Å²) in [6.07, 6.45) is -4.55. The van der Waals surface area contributed by atoms with Gasteiger partial charge >= 0.3 is 6.18 Å². The second-order valence-corrected chi connectivity index (χ2v) is 0.765. The van der Waals surface area contributed by atoms with Crippen molar-refractivity contribution < 1.29 is 23.3 Å². The highest BCUT2D eigenvalue weighted by molar-refractivity contribution is 4.58. The molecule has 0 saturated carbocycles. The third-order valence-corrected chi connectivity index (χ3v) is 0.186. The maximum Gasteiger partial charge on any atom is 0.420 e. The molecule has 0 spiro atoms. The highest BCUT2D eigenvalue weighted by Gasteiger charge is 2.28. The molecule has 0 aliphatic rings. The summed E-state index contributed by atoms with van der Waals surface area (Å²) in [5, 5.41) is 7.13. The van der Waals surface area contributed by atoms with Crippen molar-refractivity contribution in [2.75, 3.05) is 0 Å². The van der Waals surface area contributed by atoms with E-state index in [1.54, 1.807) is 0 Å². The van der Waals surface area contributed by atoms with E-state index >= 15 is 0 Å². The minimum absolute atomic E-state index is 0.632. The summed E-state index contributed by atoms with van der Waals surface area (Å²) in [4.78, 5) is 2.66. The van der Waals surface area contributed by atoms with Gasteiger partial charge in [-0.15, -0.1) is 0 Å². The Kier molecular flexibility index (Phi) is 2.04. The summed E-state index contributed by atoms with van der Waals surface area (Å²) < 4.78 is 32.1. The fourth-order valence-corrected chi connectivity index (χ4v) is 0.0598. The molecule has 0 saturated heterocycles. The van der Waals surface area contributed by atoms with Crippen LogP contribution in [0.5, 0.6) is 0 Å². The predicted molar refractivity (Wildman–Crippen MR) is 14.1 cm³/mol. The van der Waals surface area contributed by atoms with Crippen molar-refractivity contribution in [1.29, 1.82) is 0 Å². The largest absolute Gasteiger partial charge is 0.420 e. The summed E-state index contributed by atoms with van der Waals surface area (Å²) in [7, 11) is 0.